The predicted octanol–water partition coefficient (Wildman–Crippen LogP) is 3.00. The zero-order valence-electron chi connectivity index (χ0n) is 10.9. The van der Waals surface area contributed by atoms with Crippen molar-refractivity contribution in [2.75, 3.05) is 19.8 Å². The molecule has 0 saturated carbocycles. The van der Waals surface area contributed by atoms with Crippen LogP contribution in [-0.4, -0.2) is 25.7 Å². The van der Waals surface area contributed by atoms with Crippen molar-refractivity contribution in [3.8, 4) is 11.5 Å². The Kier molecular flexibility index (Phi) is 5.98. The van der Waals surface area contributed by atoms with Crippen molar-refractivity contribution < 1.29 is 14.3 Å². The molecule has 0 saturated heterocycles. The van der Waals surface area contributed by atoms with Crippen LogP contribution in [0.4, 0.5) is 0 Å². The molecule has 0 aliphatic heterocycles. The van der Waals surface area contributed by atoms with Gasteiger partial charge in [0.05, 0.1) is 17.7 Å². The molecule has 1 rings (SSSR count). The highest BCUT2D eigenvalue weighted by Gasteiger charge is 2.15. The van der Waals surface area contributed by atoms with Crippen LogP contribution in [-0.2, 0) is 0 Å². The van der Waals surface area contributed by atoms with Gasteiger partial charge < -0.3 is 14.8 Å². The van der Waals surface area contributed by atoms with Crippen molar-refractivity contribution in [2.24, 2.45) is 0 Å². The van der Waals surface area contributed by atoms with Crippen LogP contribution in [0.25, 0.3) is 0 Å². The molecule has 0 bridgehead atoms. The number of carbonyl (C=O) groups excluding carboxylic acids is 1. The molecule has 100 valence electrons. The Morgan fingerprint density at radius 1 is 1.22 bits per heavy atom. The fourth-order valence-electron chi connectivity index (χ4n) is 1.51. The van der Waals surface area contributed by atoms with Gasteiger partial charge in [-0.2, -0.15) is 0 Å². The number of benzene rings is 1. The summed E-state index contributed by atoms with van der Waals surface area (Å²) in [7, 11) is 0. The van der Waals surface area contributed by atoms with E-state index in [0.29, 0.717) is 36.8 Å². The van der Waals surface area contributed by atoms with E-state index in [4.69, 9.17) is 9.47 Å². The second-order valence-corrected chi connectivity index (χ2v) is 4.37. The quantitative estimate of drug-likeness (QED) is 0.878. The van der Waals surface area contributed by atoms with E-state index in [1.165, 1.54) is 0 Å². The first-order valence-electron chi connectivity index (χ1n) is 6.01. The van der Waals surface area contributed by atoms with E-state index in [-0.39, 0.29) is 5.91 Å². The van der Waals surface area contributed by atoms with E-state index >= 15 is 0 Å². The lowest BCUT2D eigenvalue weighted by Gasteiger charge is -2.14. The summed E-state index contributed by atoms with van der Waals surface area (Å²) in [4.78, 5) is 11.8. The highest BCUT2D eigenvalue weighted by Crippen LogP contribution is 2.36. The van der Waals surface area contributed by atoms with Crippen molar-refractivity contribution in [2.45, 2.75) is 20.8 Å². The van der Waals surface area contributed by atoms with Gasteiger partial charge in [-0.15, -0.1) is 0 Å². The standard InChI is InChI=1S/C13H18BrNO3/c1-4-15-13(16)9-7-10(14)12(18-6-3)11(8-9)17-5-2/h7-8H,4-6H2,1-3H3,(H,15,16). The Labute approximate surface area is 116 Å². The molecule has 0 unspecified atom stereocenters. The first-order chi connectivity index (χ1) is 8.63. The molecule has 1 amide bonds. The highest BCUT2D eigenvalue weighted by molar-refractivity contribution is 9.10. The second kappa shape index (κ2) is 7.26. The largest absolute Gasteiger partial charge is 0.490 e. The molecule has 0 atom stereocenters. The van der Waals surface area contributed by atoms with Gasteiger partial charge in [0.1, 0.15) is 0 Å². The minimum Gasteiger partial charge on any atom is -0.490 e. The summed E-state index contributed by atoms with van der Waals surface area (Å²) in [5, 5.41) is 2.75. The SMILES string of the molecule is CCNC(=O)c1cc(Br)c(OCC)c(OCC)c1. The van der Waals surface area contributed by atoms with Crippen LogP contribution in [0.2, 0.25) is 0 Å². The van der Waals surface area contributed by atoms with E-state index < -0.39 is 0 Å². The van der Waals surface area contributed by atoms with E-state index in [9.17, 15) is 4.79 Å². The van der Waals surface area contributed by atoms with Crippen LogP contribution in [0.3, 0.4) is 0 Å². The smallest absolute Gasteiger partial charge is 0.251 e. The van der Waals surface area contributed by atoms with Gasteiger partial charge in [-0.3, -0.25) is 4.79 Å². The number of amides is 1. The third kappa shape index (κ3) is 3.63. The minimum absolute atomic E-state index is 0.123. The summed E-state index contributed by atoms with van der Waals surface area (Å²) < 4.78 is 11.7. The Morgan fingerprint density at radius 2 is 1.89 bits per heavy atom. The summed E-state index contributed by atoms with van der Waals surface area (Å²) in [6, 6.07) is 3.43. The first kappa shape index (κ1) is 14.8. The zero-order chi connectivity index (χ0) is 13.5. The van der Waals surface area contributed by atoms with Gasteiger partial charge in [-0.1, -0.05) is 0 Å². The van der Waals surface area contributed by atoms with Crippen molar-refractivity contribution in [1.82, 2.24) is 5.32 Å². The van der Waals surface area contributed by atoms with Gasteiger partial charge in [0.2, 0.25) is 0 Å². The topological polar surface area (TPSA) is 47.6 Å². The number of halogens is 1. The fraction of sp³-hybridized carbons (Fsp3) is 0.462. The van der Waals surface area contributed by atoms with E-state index in [1.54, 1.807) is 12.1 Å². The number of carbonyl (C=O) groups is 1. The maximum Gasteiger partial charge on any atom is 0.251 e. The van der Waals surface area contributed by atoms with Gasteiger partial charge >= 0.3 is 0 Å². The lowest BCUT2D eigenvalue weighted by atomic mass is 10.2. The monoisotopic (exact) mass is 315 g/mol. The molecule has 1 N–H and O–H groups in total. The number of hydrogen-bond acceptors (Lipinski definition) is 3. The van der Waals surface area contributed by atoms with Crippen molar-refractivity contribution in [3.05, 3.63) is 22.2 Å². The van der Waals surface area contributed by atoms with Crippen molar-refractivity contribution in [3.63, 3.8) is 0 Å². The van der Waals surface area contributed by atoms with Crippen LogP contribution in [0.15, 0.2) is 16.6 Å². The Balaban J connectivity index is 3.13. The molecule has 0 aliphatic rings. The zero-order valence-corrected chi connectivity index (χ0v) is 12.5. The normalized spacial score (nSPS) is 10.0. The van der Waals surface area contributed by atoms with Crippen LogP contribution in [0.1, 0.15) is 31.1 Å². The van der Waals surface area contributed by atoms with Gasteiger partial charge in [0.25, 0.3) is 5.91 Å². The average Bonchev–Trinajstić information content (AvgIpc) is 2.33. The van der Waals surface area contributed by atoms with Gasteiger partial charge in [0, 0.05) is 12.1 Å². The van der Waals surface area contributed by atoms with E-state index in [1.807, 2.05) is 20.8 Å². The Hall–Kier alpha value is -1.23. The summed E-state index contributed by atoms with van der Waals surface area (Å²) in [5.74, 6) is 1.09. The molecular formula is C13H18BrNO3. The molecule has 18 heavy (non-hydrogen) atoms. The number of ether oxygens (including phenoxy) is 2. The molecule has 1 aromatic rings. The molecule has 4 nitrogen and oxygen atoms in total. The van der Waals surface area contributed by atoms with Crippen LogP contribution >= 0.6 is 15.9 Å². The minimum atomic E-state index is -0.123. The average molecular weight is 316 g/mol. The Bertz CT molecular complexity index is 421. The molecule has 0 aromatic heterocycles. The maximum atomic E-state index is 11.8. The molecular weight excluding hydrogens is 298 g/mol. The number of hydrogen-bond donors (Lipinski definition) is 1. The lowest BCUT2D eigenvalue weighted by molar-refractivity contribution is 0.0955. The lowest BCUT2D eigenvalue weighted by Crippen LogP contribution is -2.22. The first-order valence-corrected chi connectivity index (χ1v) is 6.80. The summed E-state index contributed by atoms with van der Waals surface area (Å²) >= 11 is 3.40. The summed E-state index contributed by atoms with van der Waals surface area (Å²) in [5.41, 5.74) is 0.552. The maximum absolute atomic E-state index is 11.8. The summed E-state index contributed by atoms with van der Waals surface area (Å²) in [6.07, 6.45) is 0. The van der Waals surface area contributed by atoms with Crippen LogP contribution in [0.5, 0.6) is 11.5 Å². The van der Waals surface area contributed by atoms with Gasteiger partial charge in [-0.05, 0) is 48.8 Å². The third-order valence-corrected chi connectivity index (χ3v) is 2.79. The molecule has 0 spiro atoms. The number of rotatable bonds is 6. The highest BCUT2D eigenvalue weighted by atomic mass is 79.9. The predicted molar refractivity (Wildman–Crippen MR) is 74.5 cm³/mol. The Morgan fingerprint density at radius 3 is 2.44 bits per heavy atom. The third-order valence-electron chi connectivity index (χ3n) is 2.20. The second-order valence-electron chi connectivity index (χ2n) is 3.51. The van der Waals surface area contributed by atoms with E-state index in [2.05, 4.69) is 21.2 Å². The number of nitrogens with one attached hydrogen (secondary N) is 1. The molecule has 0 aliphatic carbocycles. The molecule has 0 fully saturated rings. The van der Waals surface area contributed by atoms with Crippen molar-refractivity contribution >= 4 is 21.8 Å². The fourth-order valence-corrected chi connectivity index (χ4v) is 2.07. The molecule has 5 heteroatoms. The van der Waals surface area contributed by atoms with Crippen LogP contribution in [0, 0.1) is 0 Å². The van der Waals surface area contributed by atoms with Crippen molar-refractivity contribution in [1.29, 1.82) is 0 Å². The molecule has 0 radical (unpaired) electrons. The van der Waals surface area contributed by atoms with Crippen LogP contribution < -0.4 is 14.8 Å². The molecule has 0 heterocycles. The van der Waals surface area contributed by atoms with Gasteiger partial charge in [0.15, 0.2) is 11.5 Å². The summed E-state index contributed by atoms with van der Waals surface area (Å²) in [6.45, 7) is 7.32. The van der Waals surface area contributed by atoms with Gasteiger partial charge in [-0.25, -0.2) is 0 Å². The van der Waals surface area contributed by atoms with E-state index in [0.717, 1.165) is 4.47 Å². The molecule has 1 aromatic carbocycles.